The van der Waals surface area contributed by atoms with Crippen molar-refractivity contribution in [3.05, 3.63) is 72.3 Å². The van der Waals surface area contributed by atoms with Crippen molar-refractivity contribution in [3.8, 4) is 11.1 Å². The van der Waals surface area contributed by atoms with Gasteiger partial charge in [0.25, 0.3) is 0 Å². The summed E-state index contributed by atoms with van der Waals surface area (Å²) in [7, 11) is 0. The van der Waals surface area contributed by atoms with E-state index < -0.39 is 0 Å². The maximum absolute atomic E-state index is 4.05. The molecule has 0 radical (unpaired) electrons. The van der Waals surface area contributed by atoms with Crippen LogP contribution in [0.4, 0.5) is 0 Å². The highest BCUT2D eigenvalue weighted by Crippen LogP contribution is 2.31. The third-order valence-electron chi connectivity index (χ3n) is 4.71. The van der Waals surface area contributed by atoms with Crippen molar-refractivity contribution in [2.24, 2.45) is 5.92 Å². The fourth-order valence-corrected chi connectivity index (χ4v) is 3.08. The fraction of sp³-hybridized carbons (Fsp3) is 0.304. The molecule has 0 fully saturated rings. The Balaban J connectivity index is 2.32. The van der Waals surface area contributed by atoms with Crippen molar-refractivity contribution in [1.82, 2.24) is 0 Å². The molecule has 0 saturated heterocycles. The molecule has 0 bridgehead atoms. The highest BCUT2D eigenvalue weighted by Gasteiger charge is 2.10. The second-order valence-electron chi connectivity index (χ2n) is 6.28. The largest absolute Gasteiger partial charge is 0.0984 e. The van der Waals surface area contributed by atoms with Crippen molar-refractivity contribution in [2.75, 3.05) is 0 Å². The van der Waals surface area contributed by atoms with Gasteiger partial charge >= 0.3 is 0 Å². The van der Waals surface area contributed by atoms with Gasteiger partial charge in [-0.25, -0.2) is 0 Å². The molecule has 0 amide bonds. The van der Waals surface area contributed by atoms with Crippen LogP contribution in [-0.2, 0) is 6.42 Å². The highest BCUT2D eigenvalue weighted by molar-refractivity contribution is 5.81. The molecular formula is C23H28. The molecule has 0 saturated carbocycles. The molecule has 0 spiro atoms. The van der Waals surface area contributed by atoms with Crippen LogP contribution in [0.15, 0.2) is 55.6 Å². The summed E-state index contributed by atoms with van der Waals surface area (Å²) >= 11 is 0. The van der Waals surface area contributed by atoms with Crippen molar-refractivity contribution in [2.45, 2.75) is 39.5 Å². The number of rotatable bonds is 8. The number of hydrogen-bond acceptors (Lipinski definition) is 0. The Hall–Kier alpha value is -2.08. The van der Waals surface area contributed by atoms with E-state index in [1.807, 2.05) is 12.2 Å². The van der Waals surface area contributed by atoms with Crippen LogP contribution in [0, 0.1) is 5.92 Å². The molecule has 2 aromatic rings. The van der Waals surface area contributed by atoms with Crippen LogP contribution in [0.1, 0.15) is 49.8 Å². The minimum absolute atomic E-state index is 0.810. The second kappa shape index (κ2) is 8.53. The van der Waals surface area contributed by atoms with Gasteiger partial charge in [-0.05, 0) is 46.6 Å². The lowest BCUT2D eigenvalue weighted by Crippen LogP contribution is -1.98. The summed E-state index contributed by atoms with van der Waals surface area (Å²) in [6.07, 6.45) is 8.86. The van der Waals surface area contributed by atoms with Gasteiger partial charge in [-0.15, -0.1) is 0 Å². The van der Waals surface area contributed by atoms with E-state index in [0.717, 1.165) is 12.3 Å². The third-order valence-corrected chi connectivity index (χ3v) is 4.71. The summed E-state index contributed by atoms with van der Waals surface area (Å²) in [5.41, 5.74) is 6.30. The van der Waals surface area contributed by atoms with Gasteiger partial charge in [0, 0.05) is 0 Å². The molecule has 120 valence electrons. The molecule has 0 N–H and O–H groups in total. The highest BCUT2D eigenvalue weighted by atomic mass is 14.1. The normalized spacial score (nSPS) is 11.9. The average molecular weight is 304 g/mol. The lowest BCUT2D eigenvalue weighted by atomic mass is 9.89. The Labute approximate surface area is 141 Å². The standard InChI is InChI=1S/C23H28/c1-5-18(4)12-11-15-20-16-17-23(19-13-9-8-10-14-19)22(7-3)21(20)6-2/h6-10,13-14,16-18H,2-3,5,11-12,15H2,1,4H3. The van der Waals surface area contributed by atoms with Crippen molar-refractivity contribution in [1.29, 1.82) is 0 Å². The zero-order chi connectivity index (χ0) is 16.7. The predicted octanol–water partition coefficient (Wildman–Crippen LogP) is 7.01. The smallest absolute Gasteiger partial charge is 0.0105 e. The zero-order valence-corrected chi connectivity index (χ0v) is 14.5. The number of hydrogen-bond donors (Lipinski definition) is 0. The Morgan fingerprint density at radius 1 is 0.957 bits per heavy atom. The molecule has 0 heteroatoms. The van der Waals surface area contributed by atoms with Gasteiger partial charge in [-0.2, -0.15) is 0 Å². The summed E-state index contributed by atoms with van der Waals surface area (Å²) in [6, 6.07) is 15.0. The molecule has 0 aliphatic carbocycles. The topological polar surface area (TPSA) is 0 Å². The minimum Gasteiger partial charge on any atom is -0.0984 e. The molecule has 0 aliphatic heterocycles. The van der Waals surface area contributed by atoms with E-state index in [2.05, 4.69) is 69.5 Å². The molecule has 23 heavy (non-hydrogen) atoms. The minimum atomic E-state index is 0.810. The van der Waals surface area contributed by atoms with Crippen molar-refractivity contribution in [3.63, 3.8) is 0 Å². The van der Waals surface area contributed by atoms with Crippen LogP contribution in [0.3, 0.4) is 0 Å². The lowest BCUT2D eigenvalue weighted by Gasteiger charge is -2.15. The van der Waals surface area contributed by atoms with Crippen LogP contribution in [0.2, 0.25) is 0 Å². The van der Waals surface area contributed by atoms with Gasteiger partial charge in [0.05, 0.1) is 0 Å². The molecule has 0 nitrogen and oxygen atoms in total. The van der Waals surface area contributed by atoms with E-state index in [0.29, 0.717) is 0 Å². The summed E-state index contributed by atoms with van der Waals surface area (Å²) in [4.78, 5) is 0. The van der Waals surface area contributed by atoms with E-state index in [1.54, 1.807) is 0 Å². The van der Waals surface area contributed by atoms with E-state index in [4.69, 9.17) is 0 Å². The van der Waals surface area contributed by atoms with Gasteiger partial charge in [0.15, 0.2) is 0 Å². The molecule has 2 aromatic carbocycles. The van der Waals surface area contributed by atoms with Gasteiger partial charge in [-0.1, -0.05) is 94.5 Å². The van der Waals surface area contributed by atoms with E-state index in [-0.39, 0.29) is 0 Å². The monoisotopic (exact) mass is 304 g/mol. The van der Waals surface area contributed by atoms with E-state index in [9.17, 15) is 0 Å². The van der Waals surface area contributed by atoms with Crippen LogP contribution >= 0.6 is 0 Å². The van der Waals surface area contributed by atoms with Crippen LogP contribution in [0.25, 0.3) is 23.3 Å². The summed E-state index contributed by atoms with van der Waals surface area (Å²) in [5, 5.41) is 0. The van der Waals surface area contributed by atoms with Crippen LogP contribution in [-0.4, -0.2) is 0 Å². The van der Waals surface area contributed by atoms with Crippen molar-refractivity contribution >= 4 is 12.2 Å². The summed E-state index contributed by atoms with van der Waals surface area (Å²) in [6.45, 7) is 12.7. The van der Waals surface area contributed by atoms with Crippen LogP contribution in [0.5, 0.6) is 0 Å². The zero-order valence-electron chi connectivity index (χ0n) is 14.5. The van der Waals surface area contributed by atoms with Gasteiger partial charge in [0.1, 0.15) is 0 Å². The summed E-state index contributed by atoms with van der Waals surface area (Å²) < 4.78 is 0. The summed E-state index contributed by atoms with van der Waals surface area (Å²) in [5.74, 6) is 0.810. The Kier molecular flexibility index (Phi) is 6.40. The first-order valence-corrected chi connectivity index (χ1v) is 8.67. The molecule has 0 aliphatic rings. The predicted molar refractivity (Wildman–Crippen MR) is 104 cm³/mol. The Bertz CT molecular complexity index is 649. The Morgan fingerprint density at radius 3 is 2.26 bits per heavy atom. The van der Waals surface area contributed by atoms with E-state index >= 15 is 0 Å². The molecule has 1 unspecified atom stereocenters. The maximum Gasteiger partial charge on any atom is -0.0105 e. The van der Waals surface area contributed by atoms with Gasteiger partial charge < -0.3 is 0 Å². The third kappa shape index (κ3) is 4.22. The van der Waals surface area contributed by atoms with Gasteiger partial charge in [0.2, 0.25) is 0 Å². The Morgan fingerprint density at radius 2 is 1.65 bits per heavy atom. The SMILES string of the molecule is C=Cc1c(CCCC(C)CC)ccc(-c2ccccc2)c1C=C. The second-order valence-corrected chi connectivity index (χ2v) is 6.28. The molecule has 1 atom stereocenters. The lowest BCUT2D eigenvalue weighted by molar-refractivity contribution is 0.495. The molecule has 0 heterocycles. The number of benzene rings is 2. The number of aryl methyl sites for hydroxylation is 1. The van der Waals surface area contributed by atoms with Crippen LogP contribution < -0.4 is 0 Å². The fourth-order valence-electron chi connectivity index (χ4n) is 3.08. The quantitative estimate of drug-likeness (QED) is 0.492. The first-order chi connectivity index (χ1) is 11.2. The van der Waals surface area contributed by atoms with Crippen molar-refractivity contribution < 1.29 is 0 Å². The first kappa shape index (κ1) is 17.3. The molecular weight excluding hydrogens is 276 g/mol. The van der Waals surface area contributed by atoms with Gasteiger partial charge in [-0.3, -0.25) is 0 Å². The first-order valence-electron chi connectivity index (χ1n) is 8.67. The molecule has 0 aromatic heterocycles. The molecule has 2 rings (SSSR count). The maximum atomic E-state index is 4.05. The average Bonchev–Trinajstić information content (AvgIpc) is 2.61. The van der Waals surface area contributed by atoms with E-state index in [1.165, 1.54) is 47.1 Å².